The number of aromatic nitrogens is 1. The van der Waals surface area contributed by atoms with Gasteiger partial charge in [0.1, 0.15) is 9.88 Å². The number of halogens is 2. The average molecular weight is 361 g/mol. The Morgan fingerprint density at radius 3 is 2.89 bits per heavy atom. The zero-order chi connectivity index (χ0) is 14.0. The van der Waals surface area contributed by atoms with Crippen LogP contribution in [0.25, 0.3) is 10.6 Å². The van der Waals surface area contributed by atoms with Crippen LogP contribution in [0.3, 0.4) is 0 Å². The highest BCUT2D eigenvalue weighted by Gasteiger charge is 2.18. The number of benzene rings is 1. The van der Waals surface area contributed by atoms with Gasteiger partial charge >= 0.3 is 5.97 Å². The molecular formula is C13H11BrClNO2S. The summed E-state index contributed by atoms with van der Waals surface area (Å²) in [5.74, 6) is -0.926. The minimum Gasteiger partial charge on any atom is -0.477 e. The van der Waals surface area contributed by atoms with Crippen LogP contribution < -0.4 is 0 Å². The van der Waals surface area contributed by atoms with E-state index in [1.54, 1.807) is 12.1 Å². The number of aromatic carboxylic acids is 1. The third-order valence-corrected chi connectivity index (χ3v) is 4.58. The van der Waals surface area contributed by atoms with Crippen LogP contribution in [0.5, 0.6) is 0 Å². The van der Waals surface area contributed by atoms with Crippen LogP contribution in [0.2, 0.25) is 5.02 Å². The summed E-state index contributed by atoms with van der Waals surface area (Å²) < 4.78 is 0.852. The van der Waals surface area contributed by atoms with Crippen LogP contribution in [-0.4, -0.2) is 16.1 Å². The Hall–Kier alpha value is -0.910. The van der Waals surface area contributed by atoms with Gasteiger partial charge in [-0.3, -0.25) is 0 Å². The molecule has 2 aromatic rings. The van der Waals surface area contributed by atoms with E-state index in [2.05, 4.69) is 20.9 Å². The number of carbonyl (C=O) groups is 1. The van der Waals surface area contributed by atoms with Crippen molar-refractivity contribution < 1.29 is 9.90 Å². The van der Waals surface area contributed by atoms with Crippen molar-refractivity contribution in [1.29, 1.82) is 0 Å². The van der Waals surface area contributed by atoms with Crippen LogP contribution >= 0.6 is 38.9 Å². The van der Waals surface area contributed by atoms with Gasteiger partial charge in [0.05, 0.1) is 5.69 Å². The third-order valence-electron chi connectivity index (χ3n) is 2.54. The van der Waals surface area contributed by atoms with Crippen molar-refractivity contribution in [2.75, 3.05) is 0 Å². The zero-order valence-corrected chi connectivity index (χ0v) is 13.3. The minimum absolute atomic E-state index is 0.309. The number of hydrogen-bond donors (Lipinski definition) is 1. The standard InChI is InChI=1S/C13H11BrClNO2S/c1-2-3-10-11(13(17)18)19-12(16-10)8-6-7(15)4-5-9(8)14/h4-6H,2-3H2,1H3,(H,17,18). The SMILES string of the molecule is CCCc1nc(-c2cc(Cl)ccc2Br)sc1C(=O)O. The summed E-state index contributed by atoms with van der Waals surface area (Å²) in [4.78, 5) is 16.0. The quantitative estimate of drug-likeness (QED) is 0.845. The molecule has 0 aliphatic rings. The van der Waals surface area contributed by atoms with Crippen molar-refractivity contribution in [1.82, 2.24) is 4.98 Å². The lowest BCUT2D eigenvalue weighted by Gasteiger charge is -2.00. The van der Waals surface area contributed by atoms with Crippen LogP contribution in [-0.2, 0) is 6.42 Å². The molecule has 0 spiro atoms. The van der Waals surface area contributed by atoms with Crippen LogP contribution in [0.1, 0.15) is 28.7 Å². The molecule has 1 heterocycles. The number of hydrogen-bond acceptors (Lipinski definition) is 3. The Labute approximate surface area is 128 Å². The molecule has 0 atom stereocenters. The van der Waals surface area contributed by atoms with E-state index in [1.807, 2.05) is 13.0 Å². The first-order valence-corrected chi connectivity index (χ1v) is 7.70. The number of thiazole rings is 1. The Morgan fingerprint density at radius 1 is 1.53 bits per heavy atom. The lowest BCUT2D eigenvalue weighted by molar-refractivity contribution is 0.0700. The highest BCUT2D eigenvalue weighted by atomic mass is 79.9. The molecule has 0 amide bonds. The number of aryl methyl sites for hydroxylation is 1. The van der Waals surface area contributed by atoms with Crippen molar-refractivity contribution in [3.8, 4) is 10.6 Å². The minimum atomic E-state index is -0.926. The van der Waals surface area contributed by atoms with Crippen molar-refractivity contribution in [3.63, 3.8) is 0 Å². The van der Waals surface area contributed by atoms with E-state index in [9.17, 15) is 9.90 Å². The van der Waals surface area contributed by atoms with Crippen molar-refractivity contribution in [2.45, 2.75) is 19.8 Å². The summed E-state index contributed by atoms with van der Waals surface area (Å²) in [6, 6.07) is 5.39. The molecule has 1 N–H and O–H groups in total. The number of rotatable bonds is 4. The van der Waals surface area contributed by atoms with E-state index in [0.29, 0.717) is 27.0 Å². The van der Waals surface area contributed by atoms with Gasteiger partial charge in [-0.15, -0.1) is 11.3 Å². The highest BCUT2D eigenvalue weighted by Crippen LogP contribution is 2.35. The summed E-state index contributed by atoms with van der Waals surface area (Å²) in [6.07, 6.45) is 1.52. The molecule has 19 heavy (non-hydrogen) atoms. The van der Waals surface area contributed by atoms with Crippen molar-refractivity contribution in [2.24, 2.45) is 0 Å². The van der Waals surface area contributed by atoms with Crippen LogP contribution in [0.4, 0.5) is 0 Å². The number of carboxylic acid groups (broad SMARTS) is 1. The van der Waals surface area contributed by atoms with Gasteiger partial charge in [-0.25, -0.2) is 9.78 Å². The van der Waals surface area contributed by atoms with Gasteiger partial charge in [-0.2, -0.15) is 0 Å². The second kappa shape index (κ2) is 6.03. The molecule has 0 unspecified atom stereocenters. The topological polar surface area (TPSA) is 50.2 Å². The molecule has 0 radical (unpaired) electrons. The fourth-order valence-electron chi connectivity index (χ4n) is 1.70. The molecule has 0 saturated heterocycles. The first kappa shape index (κ1) is 14.5. The average Bonchev–Trinajstić information content (AvgIpc) is 2.77. The third kappa shape index (κ3) is 3.16. The fourth-order valence-corrected chi connectivity index (χ4v) is 3.42. The molecule has 0 aliphatic heterocycles. The van der Waals surface area contributed by atoms with Gasteiger partial charge in [-0.05, 0) is 24.6 Å². The van der Waals surface area contributed by atoms with Gasteiger partial charge in [0.15, 0.2) is 0 Å². The van der Waals surface area contributed by atoms with Gasteiger partial charge in [0, 0.05) is 15.1 Å². The van der Waals surface area contributed by atoms with E-state index in [0.717, 1.165) is 16.5 Å². The van der Waals surface area contributed by atoms with E-state index < -0.39 is 5.97 Å². The molecule has 1 aromatic carbocycles. The molecule has 0 fully saturated rings. The smallest absolute Gasteiger partial charge is 0.347 e. The lowest BCUT2D eigenvalue weighted by atomic mass is 10.2. The first-order chi connectivity index (χ1) is 9.02. The Bertz CT molecular complexity index is 627. The maximum atomic E-state index is 11.2. The molecule has 6 heteroatoms. The second-order valence-electron chi connectivity index (χ2n) is 3.97. The van der Waals surface area contributed by atoms with Gasteiger partial charge in [0.25, 0.3) is 0 Å². The number of nitrogens with zero attached hydrogens (tertiary/aromatic N) is 1. The molecular weight excluding hydrogens is 350 g/mol. The molecule has 1 aromatic heterocycles. The van der Waals surface area contributed by atoms with Gasteiger partial charge < -0.3 is 5.11 Å². The summed E-state index contributed by atoms with van der Waals surface area (Å²) >= 11 is 10.6. The normalized spacial score (nSPS) is 10.7. The van der Waals surface area contributed by atoms with E-state index in [-0.39, 0.29) is 0 Å². The summed E-state index contributed by atoms with van der Waals surface area (Å²) in [5.41, 5.74) is 1.46. The van der Waals surface area contributed by atoms with E-state index >= 15 is 0 Å². The van der Waals surface area contributed by atoms with Crippen LogP contribution in [0, 0.1) is 0 Å². The fraction of sp³-hybridized carbons (Fsp3) is 0.231. The monoisotopic (exact) mass is 359 g/mol. The largest absolute Gasteiger partial charge is 0.477 e. The molecule has 0 saturated carbocycles. The Morgan fingerprint density at radius 2 is 2.26 bits per heavy atom. The lowest BCUT2D eigenvalue weighted by Crippen LogP contribution is -1.98. The van der Waals surface area contributed by atoms with Crippen LogP contribution in [0.15, 0.2) is 22.7 Å². The maximum Gasteiger partial charge on any atom is 0.347 e. The first-order valence-electron chi connectivity index (χ1n) is 5.71. The molecule has 2 rings (SSSR count). The summed E-state index contributed by atoms with van der Waals surface area (Å²) in [6.45, 7) is 2.00. The molecule has 0 bridgehead atoms. The van der Waals surface area contributed by atoms with Crippen molar-refractivity contribution in [3.05, 3.63) is 38.3 Å². The van der Waals surface area contributed by atoms with Gasteiger partial charge in [0.2, 0.25) is 0 Å². The van der Waals surface area contributed by atoms with E-state index in [4.69, 9.17) is 11.6 Å². The molecule has 3 nitrogen and oxygen atoms in total. The highest BCUT2D eigenvalue weighted by molar-refractivity contribution is 9.10. The Balaban J connectivity index is 2.53. The van der Waals surface area contributed by atoms with E-state index in [1.165, 1.54) is 11.3 Å². The summed E-state index contributed by atoms with van der Waals surface area (Å²) in [7, 11) is 0. The maximum absolute atomic E-state index is 11.2. The predicted molar refractivity (Wildman–Crippen MR) is 81.2 cm³/mol. The van der Waals surface area contributed by atoms with Crippen molar-refractivity contribution >= 4 is 44.8 Å². The van der Waals surface area contributed by atoms with Gasteiger partial charge in [-0.1, -0.05) is 40.9 Å². The molecule has 0 aliphatic carbocycles. The molecule has 100 valence electrons. The second-order valence-corrected chi connectivity index (χ2v) is 6.26. The predicted octanol–water partition coefficient (Wildman–Crippen LogP) is 4.88. The zero-order valence-electron chi connectivity index (χ0n) is 10.1. The summed E-state index contributed by atoms with van der Waals surface area (Å²) in [5, 5.41) is 10.5. The number of carboxylic acids is 1. The Kier molecular flexibility index (Phi) is 4.60.